The van der Waals surface area contributed by atoms with E-state index in [1.54, 1.807) is 11.6 Å². The van der Waals surface area contributed by atoms with Crippen LogP contribution >= 0.6 is 0 Å². The first-order valence-corrected chi connectivity index (χ1v) is 10.4. The molecule has 0 aliphatic heterocycles. The molecule has 1 heterocycles. The van der Waals surface area contributed by atoms with E-state index in [-0.39, 0.29) is 26.1 Å². The lowest BCUT2D eigenvalue weighted by molar-refractivity contribution is -0.143. The molecule has 31 heavy (non-hydrogen) atoms. The van der Waals surface area contributed by atoms with Crippen LogP contribution in [0.4, 0.5) is 8.78 Å². The topological polar surface area (TPSA) is 53.4 Å². The van der Waals surface area contributed by atoms with Crippen molar-refractivity contribution in [2.75, 3.05) is 6.61 Å². The molecule has 0 saturated heterocycles. The number of esters is 1. The third-order valence-corrected chi connectivity index (χ3v) is 4.69. The van der Waals surface area contributed by atoms with Gasteiger partial charge in [-0.25, -0.2) is 13.5 Å². The average molecular weight is 428 g/mol. The van der Waals surface area contributed by atoms with Crippen LogP contribution in [0.5, 0.6) is 5.75 Å². The highest BCUT2D eigenvalue weighted by atomic mass is 19.1. The first-order chi connectivity index (χ1) is 15.0. The largest absolute Gasteiger partial charge is 0.481 e. The van der Waals surface area contributed by atoms with Gasteiger partial charge in [0.2, 0.25) is 0 Å². The highest BCUT2D eigenvalue weighted by Gasteiger charge is 2.16. The van der Waals surface area contributed by atoms with Crippen LogP contribution in [0.3, 0.4) is 0 Å². The maximum absolute atomic E-state index is 14.5. The summed E-state index contributed by atoms with van der Waals surface area (Å²) in [5, 5.41) is 4.60. The quantitative estimate of drug-likeness (QED) is 0.418. The van der Waals surface area contributed by atoms with Crippen molar-refractivity contribution in [3.05, 3.63) is 77.1 Å². The van der Waals surface area contributed by atoms with Crippen molar-refractivity contribution in [1.82, 2.24) is 9.78 Å². The predicted octanol–water partition coefficient (Wildman–Crippen LogP) is 5.18. The van der Waals surface area contributed by atoms with Crippen LogP contribution in [0.15, 0.2) is 48.5 Å². The number of aryl methyl sites for hydroxylation is 2. The zero-order valence-electron chi connectivity index (χ0n) is 17.7. The smallest absolute Gasteiger partial charge is 0.306 e. The van der Waals surface area contributed by atoms with Crippen molar-refractivity contribution in [2.45, 2.75) is 46.1 Å². The summed E-state index contributed by atoms with van der Waals surface area (Å²) in [5.74, 6) is -2.46. The summed E-state index contributed by atoms with van der Waals surface area (Å²) >= 11 is 0. The van der Waals surface area contributed by atoms with Gasteiger partial charge in [-0.05, 0) is 55.7 Å². The molecule has 0 unspecified atom stereocenters. The molecule has 0 radical (unpaired) electrons. The highest BCUT2D eigenvalue weighted by molar-refractivity contribution is 5.69. The van der Waals surface area contributed by atoms with E-state index in [2.05, 4.69) is 12.0 Å². The maximum atomic E-state index is 14.5. The average Bonchev–Trinajstić information content (AvgIpc) is 3.15. The van der Waals surface area contributed by atoms with E-state index in [0.717, 1.165) is 24.2 Å². The highest BCUT2D eigenvalue weighted by Crippen LogP contribution is 2.26. The molecular weight excluding hydrogens is 402 g/mol. The summed E-state index contributed by atoms with van der Waals surface area (Å²) in [6.07, 6.45) is 1.98. The number of ether oxygens (including phenoxy) is 2. The molecule has 164 valence electrons. The Morgan fingerprint density at radius 3 is 2.39 bits per heavy atom. The van der Waals surface area contributed by atoms with Crippen molar-refractivity contribution >= 4 is 5.97 Å². The fraction of sp³-hybridized carbons (Fsp3) is 0.333. The molecule has 0 aliphatic carbocycles. The standard InChI is InChI=1S/C24H26F2N2O3/c1-3-8-18-15-20(28(27-18)19-9-6-5-7-10-19)16-31-24-21(25)13-17(14-22(24)26)11-12-23(29)30-4-2/h5-7,9-10,13-15H,3-4,8,11-12,16H2,1-2H3. The molecule has 0 N–H and O–H groups in total. The molecule has 0 amide bonds. The van der Waals surface area contributed by atoms with E-state index in [0.29, 0.717) is 11.3 Å². The van der Waals surface area contributed by atoms with E-state index in [4.69, 9.17) is 9.47 Å². The molecule has 0 bridgehead atoms. The van der Waals surface area contributed by atoms with Gasteiger partial charge in [-0.2, -0.15) is 5.10 Å². The molecule has 3 aromatic rings. The molecule has 3 rings (SSSR count). The lowest BCUT2D eigenvalue weighted by atomic mass is 10.1. The van der Waals surface area contributed by atoms with Gasteiger partial charge in [0.15, 0.2) is 17.4 Å². The molecule has 0 aliphatic rings. The minimum Gasteiger partial charge on any atom is -0.481 e. The van der Waals surface area contributed by atoms with Gasteiger partial charge in [0, 0.05) is 6.42 Å². The summed E-state index contributed by atoms with van der Waals surface area (Å²) in [5.41, 5.74) is 2.80. The summed E-state index contributed by atoms with van der Waals surface area (Å²) < 4.78 is 41.2. The monoisotopic (exact) mass is 428 g/mol. The molecule has 0 fully saturated rings. The number of benzene rings is 2. The minimum absolute atomic E-state index is 0.0401. The molecular formula is C24H26F2N2O3. The Morgan fingerprint density at radius 2 is 1.74 bits per heavy atom. The number of carbonyl (C=O) groups excluding carboxylic acids is 1. The van der Waals surface area contributed by atoms with Crippen LogP contribution in [0, 0.1) is 11.6 Å². The minimum atomic E-state index is -0.807. The van der Waals surface area contributed by atoms with Crippen LogP contribution < -0.4 is 4.74 Å². The summed E-state index contributed by atoms with van der Waals surface area (Å²) in [4.78, 5) is 11.5. The summed E-state index contributed by atoms with van der Waals surface area (Å²) in [6, 6.07) is 13.8. The third kappa shape index (κ3) is 5.90. The Hall–Kier alpha value is -3.22. The van der Waals surface area contributed by atoms with Gasteiger partial charge in [0.25, 0.3) is 0 Å². The van der Waals surface area contributed by atoms with E-state index in [1.807, 2.05) is 36.4 Å². The molecule has 2 aromatic carbocycles. The first-order valence-electron chi connectivity index (χ1n) is 10.4. The lowest BCUT2D eigenvalue weighted by Crippen LogP contribution is -2.08. The van der Waals surface area contributed by atoms with Crippen molar-refractivity contribution in [2.24, 2.45) is 0 Å². The van der Waals surface area contributed by atoms with Gasteiger partial charge in [-0.15, -0.1) is 0 Å². The number of hydrogen-bond acceptors (Lipinski definition) is 4. The van der Waals surface area contributed by atoms with Gasteiger partial charge in [-0.1, -0.05) is 31.5 Å². The molecule has 0 atom stereocenters. The molecule has 0 saturated carbocycles. The number of hydrogen-bond donors (Lipinski definition) is 0. The first kappa shape index (κ1) is 22.5. The Labute approximate surface area is 180 Å². The second-order valence-corrected chi connectivity index (χ2v) is 7.11. The van der Waals surface area contributed by atoms with E-state index in [1.165, 1.54) is 12.1 Å². The number of carbonyl (C=O) groups is 1. The predicted molar refractivity (Wildman–Crippen MR) is 113 cm³/mol. The normalized spacial score (nSPS) is 10.8. The van der Waals surface area contributed by atoms with Crippen LogP contribution in [-0.4, -0.2) is 22.4 Å². The molecule has 5 nitrogen and oxygen atoms in total. The maximum Gasteiger partial charge on any atom is 0.306 e. The van der Waals surface area contributed by atoms with Crippen molar-refractivity contribution in [3.8, 4) is 11.4 Å². The molecule has 7 heteroatoms. The van der Waals surface area contributed by atoms with Crippen LogP contribution in [0.2, 0.25) is 0 Å². The van der Waals surface area contributed by atoms with Gasteiger partial charge < -0.3 is 9.47 Å². The second-order valence-electron chi connectivity index (χ2n) is 7.11. The number of rotatable bonds is 10. The van der Waals surface area contributed by atoms with Crippen molar-refractivity contribution in [3.63, 3.8) is 0 Å². The zero-order chi connectivity index (χ0) is 22.2. The van der Waals surface area contributed by atoms with E-state index >= 15 is 0 Å². The number of para-hydroxylation sites is 1. The number of aromatic nitrogens is 2. The van der Waals surface area contributed by atoms with Gasteiger partial charge in [0.05, 0.1) is 23.7 Å². The van der Waals surface area contributed by atoms with Gasteiger partial charge in [-0.3, -0.25) is 4.79 Å². The SMILES string of the molecule is CCCc1cc(COc2c(F)cc(CCC(=O)OCC)cc2F)n(-c2ccccc2)n1. The summed E-state index contributed by atoms with van der Waals surface area (Å²) in [7, 11) is 0. The Balaban J connectivity index is 1.76. The van der Waals surface area contributed by atoms with Crippen molar-refractivity contribution in [1.29, 1.82) is 0 Å². The number of nitrogens with zero attached hydrogens (tertiary/aromatic N) is 2. The van der Waals surface area contributed by atoms with E-state index < -0.39 is 23.4 Å². The Bertz CT molecular complexity index is 996. The third-order valence-electron chi connectivity index (χ3n) is 4.69. The Kier molecular flexibility index (Phi) is 7.76. The van der Waals surface area contributed by atoms with Crippen LogP contribution in [0.1, 0.15) is 43.6 Å². The fourth-order valence-electron chi connectivity index (χ4n) is 3.27. The molecule has 1 aromatic heterocycles. The summed E-state index contributed by atoms with van der Waals surface area (Å²) in [6.45, 7) is 4.00. The number of halogens is 2. The van der Waals surface area contributed by atoms with E-state index in [9.17, 15) is 13.6 Å². The second kappa shape index (κ2) is 10.7. The molecule has 0 spiro atoms. The lowest BCUT2D eigenvalue weighted by Gasteiger charge is -2.12. The van der Waals surface area contributed by atoms with Gasteiger partial charge in [0.1, 0.15) is 6.61 Å². The van der Waals surface area contributed by atoms with Crippen molar-refractivity contribution < 1.29 is 23.0 Å². The van der Waals surface area contributed by atoms with Crippen LogP contribution in [0.25, 0.3) is 5.69 Å². The fourth-order valence-corrected chi connectivity index (χ4v) is 3.27. The van der Waals surface area contributed by atoms with Crippen LogP contribution in [-0.2, 0) is 29.0 Å². The zero-order valence-corrected chi connectivity index (χ0v) is 17.7. The Morgan fingerprint density at radius 1 is 1.03 bits per heavy atom. The van der Waals surface area contributed by atoms with Gasteiger partial charge >= 0.3 is 5.97 Å².